The fourth-order valence-electron chi connectivity index (χ4n) is 2.28. The van der Waals surface area contributed by atoms with Crippen LogP contribution in [0.4, 0.5) is 0 Å². The van der Waals surface area contributed by atoms with Gasteiger partial charge in [-0.3, -0.25) is 0 Å². The van der Waals surface area contributed by atoms with Gasteiger partial charge >= 0.3 is 0 Å². The summed E-state index contributed by atoms with van der Waals surface area (Å²) in [4.78, 5) is 0. The van der Waals surface area contributed by atoms with Crippen molar-refractivity contribution in [2.75, 3.05) is 0 Å². The quantitative estimate of drug-likeness (QED) is 0.471. The van der Waals surface area contributed by atoms with E-state index in [1.807, 2.05) is 66.7 Å². The van der Waals surface area contributed by atoms with Gasteiger partial charge in [-0.1, -0.05) is 60.7 Å². The summed E-state index contributed by atoms with van der Waals surface area (Å²) in [6, 6.07) is 23.9. The Labute approximate surface area is 141 Å². The van der Waals surface area contributed by atoms with Gasteiger partial charge in [-0.2, -0.15) is 10.2 Å². The SMILES string of the molecule is C/C(=C\C(=NN=Cc1ccco1)c1ccccc1)c1ccccc1. The normalized spacial score (nSPS) is 12.7. The van der Waals surface area contributed by atoms with Crippen LogP contribution in [-0.4, -0.2) is 11.9 Å². The molecule has 0 atom stereocenters. The molecule has 0 aliphatic carbocycles. The maximum absolute atomic E-state index is 5.24. The zero-order valence-corrected chi connectivity index (χ0v) is 13.5. The second kappa shape index (κ2) is 7.88. The predicted octanol–water partition coefficient (Wildman–Crippen LogP) is 5.21. The Morgan fingerprint density at radius 1 is 0.833 bits per heavy atom. The summed E-state index contributed by atoms with van der Waals surface area (Å²) in [5.74, 6) is 0.676. The summed E-state index contributed by atoms with van der Waals surface area (Å²) in [5.41, 5.74) is 4.12. The minimum atomic E-state index is 0.676. The Morgan fingerprint density at radius 3 is 2.12 bits per heavy atom. The summed E-state index contributed by atoms with van der Waals surface area (Å²) in [7, 11) is 0. The number of nitrogens with zero attached hydrogens (tertiary/aromatic N) is 2. The maximum atomic E-state index is 5.24. The lowest BCUT2D eigenvalue weighted by Gasteiger charge is -2.04. The van der Waals surface area contributed by atoms with Crippen molar-refractivity contribution < 1.29 is 4.42 Å². The van der Waals surface area contributed by atoms with Crippen LogP contribution < -0.4 is 0 Å². The van der Waals surface area contributed by atoms with Gasteiger partial charge in [-0.05, 0) is 36.3 Å². The third-order valence-electron chi connectivity index (χ3n) is 3.55. The highest BCUT2D eigenvalue weighted by molar-refractivity contribution is 6.12. The molecular weight excluding hydrogens is 296 g/mol. The zero-order valence-electron chi connectivity index (χ0n) is 13.5. The van der Waals surface area contributed by atoms with Gasteiger partial charge in [-0.15, -0.1) is 0 Å². The first kappa shape index (κ1) is 15.7. The molecular formula is C21H18N2O. The van der Waals surface area contributed by atoms with Crippen molar-refractivity contribution in [3.8, 4) is 0 Å². The second-order valence-corrected chi connectivity index (χ2v) is 5.30. The first-order valence-electron chi connectivity index (χ1n) is 7.76. The monoisotopic (exact) mass is 314 g/mol. The summed E-state index contributed by atoms with van der Waals surface area (Å²) in [6.45, 7) is 2.07. The van der Waals surface area contributed by atoms with Crippen molar-refractivity contribution in [3.63, 3.8) is 0 Å². The average molecular weight is 314 g/mol. The number of hydrogen-bond donors (Lipinski definition) is 0. The van der Waals surface area contributed by atoms with Crippen LogP contribution >= 0.6 is 0 Å². The number of benzene rings is 2. The lowest BCUT2D eigenvalue weighted by atomic mass is 10.0. The van der Waals surface area contributed by atoms with Crippen molar-refractivity contribution in [2.24, 2.45) is 10.2 Å². The third-order valence-corrected chi connectivity index (χ3v) is 3.55. The van der Waals surface area contributed by atoms with Crippen LogP contribution in [0.25, 0.3) is 5.57 Å². The number of hydrogen-bond acceptors (Lipinski definition) is 3. The summed E-state index contributed by atoms with van der Waals surface area (Å²) < 4.78 is 5.24. The number of allylic oxidation sites excluding steroid dienone is 2. The smallest absolute Gasteiger partial charge is 0.146 e. The van der Waals surface area contributed by atoms with Crippen molar-refractivity contribution in [2.45, 2.75) is 6.92 Å². The van der Waals surface area contributed by atoms with Gasteiger partial charge in [0.1, 0.15) is 5.76 Å². The first-order valence-corrected chi connectivity index (χ1v) is 7.76. The van der Waals surface area contributed by atoms with Crippen LogP contribution in [0, 0.1) is 0 Å². The van der Waals surface area contributed by atoms with E-state index in [1.54, 1.807) is 12.5 Å². The maximum Gasteiger partial charge on any atom is 0.146 e. The lowest BCUT2D eigenvalue weighted by Crippen LogP contribution is -1.97. The van der Waals surface area contributed by atoms with Crippen molar-refractivity contribution in [3.05, 3.63) is 102 Å². The van der Waals surface area contributed by atoms with E-state index < -0.39 is 0 Å². The highest BCUT2D eigenvalue weighted by Crippen LogP contribution is 2.15. The highest BCUT2D eigenvalue weighted by atomic mass is 16.3. The molecule has 0 saturated carbocycles. The van der Waals surface area contributed by atoms with Crippen LogP contribution in [0.2, 0.25) is 0 Å². The molecule has 2 aromatic carbocycles. The zero-order chi connectivity index (χ0) is 16.6. The average Bonchev–Trinajstić information content (AvgIpc) is 3.16. The third kappa shape index (κ3) is 4.17. The van der Waals surface area contributed by atoms with Crippen molar-refractivity contribution in [1.29, 1.82) is 0 Å². The minimum Gasteiger partial charge on any atom is -0.463 e. The molecule has 0 aliphatic heterocycles. The van der Waals surface area contributed by atoms with Crippen LogP contribution in [0.15, 0.2) is 99.8 Å². The van der Waals surface area contributed by atoms with E-state index in [9.17, 15) is 0 Å². The summed E-state index contributed by atoms with van der Waals surface area (Å²) >= 11 is 0. The Morgan fingerprint density at radius 2 is 1.50 bits per heavy atom. The largest absolute Gasteiger partial charge is 0.463 e. The van der Waals surface area contributed by atoms with Crippen molar-refractivity contribution >= 4 is 17.5 Å². The van der Waals surface area contributed by atoms with Gasteiger partial charge < -0.3 is 4.42 Å². The molecule has 0 saturated heterocycles. The topological polar surface area (TPSA) is 37.9 Å². The van der Waals surface area contributed by atoms with Gasteiger partial charge in [0.05, 0.1) is 18.2 Å². The molecule has 3 heteroatoms. The van der Waals surface area contributed by atoms with E-state index in [-0.39, 0.29) is 0 Å². The predicted molar refractivity (Wildman–Crippen MR) is 99.4 cm³/mol. The van der Waals surface area contributed by atoms with Crippen LogP contribution in [0.5, 0.6) is 0 Å². The standard InChI is InChI=1S/C21H18N2O/c1-17(18-9-4-2-5-10-18)15-21(19-11-6-3-7-12-19)23-22-16-20-13-8-14-24-20/h2-16H,1H3/b17-15+,22-16?,23-21?. The van der Waals surface area contributed by atoms with Crippen LogP contribution in [0.1, 0.15) is 23.8 Å². The molecule has 0 N–H and O–H groups in total. The molecule has 118 valence electrons. The molecule has 1 aromatic heterocycles. The molecule has 0 bridgehead atoms. The van der Waals surface area contributed by atoms with E-state index in [0.29, 0.717) is 5.76 Å². The van der Waals surface area contributed by atoms with Gasteiger partial charge in [-0.25, -0.2) is 0 Å². The minimum absolute atomic E-state index is 0.676. The fraction of sp³-hybridized carbons (Fsp3) is 0.0476. The second-order valence-electron chi connectivity index (χ2n) is 5.30. The molecule has 3 aromatic rings. The Balaban J connectivity index is 1.93. The number of rotatable bonds is 5. The lowest BCUT2D eigenvalue weighted by molar-refractivity contribution is 0.560. The van der Waals surface area contributed by atoms with E-state index in [4.69, 9.17) is 4.42 Å². The Bertz CT molecular complexity index is 845. The van der Waals surface area contributed by atoms with Gasteiger partial charge in [0, 0.05) is 5.56 Å². The molecule has 0 unspecified atom stereocenters. The van der Waals surface area contributed by atoms with Crippen LogP contribution in [-0.2, 0) is 0 Å². The molecule has 0 spiro atoms. The van der Waals surface area contributed by atoms with E-state index in [1.165, 1.54) is 0 Å². The molecule has 0 amide bonds. The van der Waals surface area contributed by atoms with E-state index >= 15 is 0 Å². The van der Waals surface area contributed by atoms with Gasteiger partial charge in [0.2, 0.25) is 0 Å². The van der Waals surface area contributed by atoms with Crippen molar-refractivity contribution in [1.82, 2.24) is 0 Å². The van der Waals surface area contributed by atoms with E-state index in [0.717, 1.165) is 22.4 Å². The Kier molecular flexibility index (Phi) is 5.15. The molecule has 3 nitrogen and oxygen atoms in total. The van der Waals surface area contributed by atoms with Gasteiger partial charge in [0.15, 0.2) is 0 Å². The first-order chi connectivity index (χ1) is 11.8. The Hall–Kier alpha value is -3.20. The molecule has 0 aliphatic rings. The summed E-state index contributed by atoms with van der Waals surface area (Å²) in [6.07, 6.45) is 5.27. The summed E-state index contributed by atoms with van der Waals surface area (Å²) in [5, 5.41) is 8.55. The van der Waals surface area contributed by atoms with E-state index in [2.05, 4.69) is 29.3 Å². The fourth-order valence-corrected chi connectivity index (χ4v) is 2.28. The van der Waals surface area contributed by atoms with Gasteiger partial charge in [0.25, 0.3) is 0 Å². The molecule has 1 heterocycles. The number of furan rings is 1. The molecule has 24 heavy (non-hydrogen) atoms. The molecule has 3 rings (SSSR count). The van der Waals surface area contributed by atoms with Crippen LogP contribution in [0.3, 0.4) is 0 Å². The molecule has 0 radical (unpaired) electrons. The highest BCUT2D eigenvalue weighted by Gasteiger charge is 2.02. The molecule has 0 fully saturated rings.